The summed E-state index contributed by atoms with van der Waals surface area (Å²) >= 11 is 24.8. The molecule has 0 heterocycles. The summed E-state index contributed by atoms with van der Waals surface area (Å²) in [4.78, 5) is 27.6. The standard InChI is InChI=1S/C23H27Cl4N3O4S/c1-4-5-11-28-23(32)15(2)29(13-17-18(25)7-6-8-19(17)26)22(31)14-30(35(3,33)34)21-10-9-16(24)12-20(21)27/h6-10,12,15H,4-5,11,13-14H2,1-3H3,(H,28,32). The van der Waals surface area contributed by atoms with Gasteiger partial charge in [0.25, 0.3) is 0 Å². The maximum absolute atomic E-state index is 13.5. The van der Waals surface area contributed by atoms with Crippen LogP contribution in [-0.2, 0) is 26.2 Å². The number of benzene rings is 2. The molecule has 0 radical (unpaired) electrons. The lowest BCUT2D eigenvalue weighted by atomic mass is 10.1. The third-order valence-electron chi connectivity index (χ3n) is 5.24. The molecule has 0 saturated heterocycles. The van der Waals surface area contributed by atoms with Crippen molar-refractivity contribution in [2.75, 3.05) is 23.7 Å². The lowest BCUT2D eigenvalue weighted by Gasteiger charge is -2.32. The number of rotatable bonds is 11. The van der Waals surface area contributed by atoms with Gasteiger partial charge in [0, 0.05) is 33.7 Å². The van der Waals surface area contributed by atoms with Crippen molar-refractivity contribution < 1.29 is 18.0 Å². The Bertz CT molecular complexity index is 1160. The highest BCUT2D eigenvalue weighted by Crippen LogP contribution is 2.31. The number of amides is 2. The fourth-order valence-electron chi connectivity index (χ4n) is 3.25. The summed E-state index contributed by atoms with van der Waals surface area (Å²) in [5, 5.41) is 3.79. The second-order valence-electron chi connectivity index (χ2n) is 7.91. The van der Waals surface area contributed by atoms with E-state index in [0.29, 0.717) is 27.2 Å². The number of carbonyl (C=O) groups is 2. The Hall–Kier alpha value is -1.71. The molecule has 2 aromatic rings. The van der Waals surface area contributed by atoms with Crippen molar-refractivity contribution in [2.45, 2.75) is 39.3 Å². The quantitative estimate of drug-likeness (QED) is 0.359. The van der Waals surface area contributed by atoms with Crippen LogP contribution in [0.5, 0.6) is 0 Å². The third kappa shape index (κ3) is 8.15. The van der Waals surface area contributed by atoms with Crippen LogP contribution in [0, 0.1) is 0 Å². The van der Waals surface area contributed by atoms with Gasteiger partial charge in [0.15, 0.2) is 0 Å². The molecule has 0 spiro atoms. The second-order valence-corrected chi connectivity index (χ2v) is 11.5. The summed E-state index contributed by atoms with van der Waals surface area (Å²) in [6.07, 6.45) is 2.62. The number of hydrogen-bond acceptors (Lipinski definition) is 4. The molecule has 0 aliphatic carbocycles. The normalized spacial score (nSPS) is 12.2. The lowest BCUT2D eigenvalue weighted by molar-refractivity contribution is -0.139. The van der Waals surface area contributed by atoms with E-state index in [4.69, 9.17) is 46.4 Å². The van der Waals surface area contributed by atoms with Crippen LogP contribution < -0.4 is 9.62 Å². The summed E-state index contributed by atoms with van der Waals surface area (Å²) in [6.45, 7) is 3.29. The topological polar surface area (TPSA) is 86.8 Å². The minimum atomic E-state index is -3.93. The SMILES string of the molecule is CCCCNC(=O)C(C)N(Cc1c(Cl)cccc1Cl)C(=O)CN(c1ccc(Cl)cc1Cl)S(C)(=O)=O. The predicted molar refractivity (Wildman–Crippen MR) is 143 cm³/mol. The highest BCUT2D eigenvalue weighted by molar-refractivity contribution is 7.92. The van der Waals surface area contributed by atoms with Gasteiger partial charge in [-0.1, -0.05) is 65.8 Å². The molecule has 2 rings (SSSR count). The van der Waals surface area contributed by atoms with E-state index in [1.807, 2.05) is 6.92 Å². The zero-order chi connectivity index (χ0) is 26.3. The number of unbranched alkanes of at least 4 members (excludes halogenated alkanes) is 1. The number of sulfonamides is 1. The second kappa shape index (κ2) is 13.0. The molecule has 0 bridgehead atoms. The van der Waals surface area contributed by atoms with Gasteiger partial charge in [0.1, 0.15) is 12.6 Å². The molecule has 2 amide bonds. The third-order valence-corrected chi connectivity index (χ3v) is 7.62. The largest absolute Gasteiger partial charge is 0.354 e. The molecule has 2 aromatic carbocycles. The number of halogens is 4. The minimum absolute atomic E-state index is 0.0572. The summed E-state index contributed by atoms with van der Waals surface area (Å²) in [5.41, 5.74) is 0.524. The van der Waals surface area contributed by atoms with E-state index in [1.165, 1.54) is 23.1 Å². The van der Waals surface area contributed by atoms with Gasteiger partial charge in [-0.25, -0.2) is 8.42 Å². The molecule has 0 saturated carbocycles. The van der Waals surface area contributed by atoms with Gasteiger partial charge in [0.2, 0.25) is 21.8 Å². The van der Waals surface area contributed by atoms with Crippen LogP contribution in [0.3, 0.4) is 0 Å². The number of carbonyl (C=O) groups excluding carboxylic acids is 2. The minimum Gasteiger partial charge on any atom is -0.354 e. The molecular formula is C23H27Cl4N3O4S. The molecule has 0 aliphatic rings. The summed E-state index contributed by atoms with van der Waals surface area (Å²) in [7, 11) is -3.93. The van der Waals surface area contributed by atoms with E-state index in [1.54, 1.807) is 25.1 Å². The molecule has 1 unspecified atom stereocenters. The molecule has 0 aromatic heterocycles. The van der Waals surface area contributed by atoms with E-state index in [9.17, 15) is 18.0 Å². The van der Waals surface area contributed by atoms with Gasteiger partial charge in [-0.3, -0.25) is 13.9 Å². The molecular weight excluding hydrogens is 556 g/mol. The Morgan fingerprint density at radius 1 is 1.03 bits per heavy atom. The lowest BCUT2D eigenvalue weighted by Crippen LogP contribution is -2.51. The first-order valence-electron chi connectivity index (χ1n) is 10.8. The molecule has 12 heteroatoms. The number of nitrogens with one attached hydrogen (secondary N) is 1. The van der Waals surface area contributed by atoms with E-state index >= 15 is 0 Å². The average Bonchev–Trinajstić information content (AvgIpc) is 2.76. The molecule has 7 nitrogen and oxygen atoms in total. The van der Waals surface area contributed by atoms with Gasteiger partial charge in [-0.05, 0) is 43.7 Å². The van der Waals surface area contributed by atoms with Crippen LogP contribution in [0.15, 0.2) is 36.4 Å². The van der Waals surface area contributed by atoms with Crippen molar-refractivity contribution in [3.05, 3.63) is 62.1 Å². The predicted octanol–water partition coefficient (Wildman–Crippen LogP) is 5.40. The van der Waals surface area contributed by atoms with Crippen molar-refractivity contribution in [3.63, 3.8) is 0 Å². The van der Waals surface area contributed by atoms with Crippen LogP contribution in [0.25, 0.3) is 0 Å². The van der Waals surface area contributed by atoms with Crippen LogP contribution in [-0.4, -0.2) is 50.5 Å². The monoisotopic (exact) mass is 581 g/mol. The Morgan fingerprint density at radius 2 is 1.66 bits per heavy atom. The Morgan fingerprint density at radius 3 is 2.20 bits per heavy atom. The van der Waals surface area contributed by atoms with Gasteiger partial charge in [-0.15, -0.1) is 0 Å². The molecule has 35 heavy (non-hydrogen) atoms. The zero-order valence-electron chi connectivity index (χ0n) is 19.5. The van der Waals surface area contributed by atoms with Gasteiger partial charge in [0.05, 0.1) is 17.0 Å². The fourth-order valence-corrected chi connectivity index (χ4v) is 5.19. The van der Waals surface area contributed by atoms with Crippen LogP contribution >= 0.6 is 46.4 Å². The molecule has 0 aliphatic heterocycles. The summed E-state index contributed by atoms with van der Waals surface area (Å²) < 4.78 is 26.1. The van der Waals surface area contributed by atoms with E-state index in [0.717, 1.165) is 23.4 Å². The highest BCUT2D eigenvalue weighted by atomic mass is 35.5. The van der Waals surface area contributed by atoms with Crippen molar-refractivity contribution >= 4 is 73.9 Å². The van der Waals surface area contributed by atoms with Gasteiger partial charge >= 0.3 is 0 Å². The van der Waals surface area contributed by atoms with Crippen molar-refractivity contribution in [1.29, 1.82) is 0 Å². The van der Waals surface area contributed by atoms with Gasteiger partial charge in [-0.2, -0.15) is 0 Å². The fraction of sp³-hybridized carbons (Fsp3) is 0.391. The van der Waals surface area contributed by atoms with E-state index in [2.05, 4.69) is 5.32 Å². The van der Waals surface area contributed by atoms with E-state index < -0.39 is 28.5 Å². The first kappa shape index (κ1) is 29.5. The first-order valence-corrected chi connectivity index (χ1v) is 14.2. The van der Waals surface area contributed by atoms with Crippen molar-refractivity contribution in [3.8, 4) is 0 Å². The highest BCUT2D eigenvalue weighted by Gasteiger charge is 2.31. The van der Waals surface area contributed by atoms with Gasteiger partial charge < -0.3 is 10.2 Å². The molecule has 1 N–H and O–H groups in total. The van der Waals surface area contributed by atoms with Crippen molar-refractivity contribution in [1.82, 2.24) is 10.2 Å². The van der Waals surface area contributed by atoms with E-state index in [-0.39, 0.29) is 23.2 Å². The van der Waals surface area contributed by atoms with Crippen molar-refractivity contribution in [2.24, 2.45) is 0 Å². The van der Waals surface area contributed by atoms with Crippen LogP contribution in [0.2, 0.25) is 20.1 Å². The Balaban J connectivity index is 2.44. The number of anilines is 1. The molecule has 192 valence electrons. The molecule has 0 fully saturated rings. The maximum Gasteiger partial charge on any atom is 0.244 e. The zero-order valence-corrected chi connectivity index (χ0v) is 23.4. The van der Waals surface area contributed by atoms with Crippen LogP contribution in [0.4, 0.5) is 5.69 Å². The summed E-state index contributed by atoms with van der Waals surface area (Å²) in [6, 6.07) is 8.22. The van der Waals surface area contributed by atoms with Crippen LogP contribution in [0.1, 0.15) is 32.3 Å². The Kier molecular flexibility index (Phi) is 11.0. The molecule has 1 atom stereocenters. The number of nitrogens with zero attached hydrogens (tertiary/aromatic N) is 2. The summed E-state index contributed by atoms with van der Waals surface area (Å²) in [5.74, 6) is -1.03. The first-order chi connectivity index (χ1) is 16.4. The maximum atomic E-state index is 13.5. The number of hydrogen-bond donors (Lipinski definition) is 1. The average molecular weight is 583 g/mol. The smallest absolute Gasteiger partial charge is 0.244 e. The Labute approximate surface area is 226 Å².